The third-order valence-corrected chi connectivity index (χ3v) is 12.9. The van der Waals surface area contributed by atoms with Crippen molar-refractivity contribution in [3.63, 3.8) is 0 Å². The van der Waals surface area contributed by atoms with Crippen molar-refractivity contribution in [2.24, 2.45) is 28.9 Å². The fourth-order valence-electron chi connectivity index (χ4n) is 8.23. The Bertz CT molecular complexity index is 2900. The maximum Gasteiger partial charge on any atom is 0.326 e. The predicted octanol–water partition coefficient (Wildman–Crippen LogP) is -4.33. The molecule has 31 nitrogen and oxygen atoms in total. The molecule has 11 amide bonds. The number of carbonyl (C=O) groups excluding carboxylic acids is 11. The Hall–Kier alpha value is -9.33. The highest BCUT2D eigenvalue weighted by atomic mass is 32.1. The van der Waals surface area contributed by atoms with Crippen LogP contribution in [0.15, 0.2) is 54.7 Å². The van der Waals surface area contributed by atoms with Crippen molar-refractivity contribution >= 4 is 106 Å². The molecule has 84 heavy (non-hydrogen) atoms. The molecule has 0 saturated carbocycles. The van der Waals surface area contributed by atoms with Gasteiger partial charge >= 0.3 is 17.9 Å². The Morgan fingerprint density at radius 1 is 0.500 bits per heavy atom. The first kappa shape index (κ1) is 68.9. The number of H-pyrrole nitrogens is 1. The average Bonchev–Trinajstić information content (AvgIpc) is 4.00. The summed E-state index contributed by atoms with van der Waals surface area (Å²) < 4.78 is 0. The first-order chi connectivity index (χ1) is 39.5. The highest BCUT2D eigenvalue weighted by Gasteiger charge is 2.36. The third kappa shape index (κ3) is 23.6. The van der Waals surface area contributed by atoms with E-state index in [1.54, 1.807) is 44.3 Å². The number of carboxylic acid groups (broad SMARTS) is 3. The number of carbonyl (C=O) groups is 14. The van der Waals surface area contributed by atoms with E-state index in [1.807, 2.05) is 5.32 Å². The highest BCUT2D eigenvalue weighted by Crippen LogP contribution is 2.19. The fraction of sp³-hybridized carbons (Fsp3) is 0.462. The quantitative estimate of drug-likeness (QED) is 0.0243. The summed E-state index contributed by atoms with van der Waals surface area (Å²) in [4.78, 5) is 185. The fourth-order valence-corrected chi connectivity index (χ4v) is 8.49. The molecular weight excluding hydrogens is 1130 g/mol. The van der Waals surface area contributed by atoms with Crippen molar-refractivity contribution in [3.8, 4) is 5.75 Å². The van der Waals surface area contributed by atoms with E-state index in [9.17, 15) is 87.5 Å². The summed E-state index contributed by atoms with van der Waals surface area (Å²) in [6.07, 6.45) is -4.43. The minimum absolute atomic E-state index is 0.0101. The number of nitrogens with one attached hydrogen (secondary N) is 9. The first-order valence-corrected chi connectivity index (χ1v) is 26.7. The molecule has 0 saturated heterocycles. The molecule has 0 unspecified atom stereocenters. The Morgan fingerprint density at radius 2 is 0.917 bits per heavy atom. The van der Waals surface area contributed by atoms with Gasteiger partial charge in [0.2, 0.25) is 65.0 Å². The number of rotatable bonds is 37. The van der Waals surface area contributed by atoms with Gasteiger partial charge in [-0.15, -0.1) is 0 Å². The number of amides is 11. The van der Waals surface area contributed by atoms with Crippen molar-refractivity contribution in [2.75, 3.05) is 5.75 Å². The number of phenols is 1. The largest absolute Gasteiger partial charge is 0.508 e. The van der Waals surface area contributed by atoms with Crippen LogP contribution in [0.2, 0.25) is 0 Å². The average molecular weight is 1200 g/mol. The third-order valence-electron chi connectivity index (χ3n) is 12.5. The number of phenolic OH excluding ortho intramolecular Hbond substituents is 1. The molecular formula is C52H71N13O18S. The van der Waals surface area contributed by atoms with E-state index >= 15 is 0 Å². The van der Waals surface area contributed by atoms with Crippen molar-refractivity contribution < 1.29 is 87.5 Å². The zero-order chi connectivity index (χ0) is 63.0. The molecule has 0 spiro atoms. The van der Waals surface area contributed by atoms with E-state index < -0.39 is 207 Å². The molecule has 3 aromatic rings. The molecule has 0 aliphatic rings. The summed E-state index contributed by atoms with van der Waals surface area (Å²) in [5.41, 5.74) is 23.9. The summed E-state index contributed by atoms with van der Waals surface area (Å²) in [5, 5.41) is 57.7. The van der Waals surface area contributed by atoms with Crippen molar-refractivity contribution in [3.05, 3.63) is 65.9 Å². The van der Waals surface area contributed by atoms with Crippen LogP contribution in [0.1, 0.15) is 82.8 Å². The van der Waals surface area contributed by atoms with Gasteiger partial charge < -0.3 is 90.9 Å². The molecule has 1 heterocycles. The van der Waals surface area contributed by atoms with E-state index in [4.69, 9.17) is 22.9 Å². The van der Waals surface area contributed by atoms with Crippen LogP contribution in [0.3, 0.4) is 0 Å². The van der Waals surface area contributed by atoms with E-state index in [0.29, 0.717) is 5.56 Å². The number of aromatic hydroxyl groups is 1. The standard InChI is InChI=1S/C52H71N13O18S/c1-24(2)17-34(61-46(76)31(11-14-39(54)67)59-45(75)32(12-15-42(70)71)58-44(74)29(53)19-26-22-57-30-6-4-3-5-28(26)30)48(78)60-33(13-16-43(72)73)47(77)63-36(20-40(55)68)50(80)62-35(18-25-7-9-27(66)10-8-25)49(79)65-38(23-84)51(81)64-37(52(82)83)21-41(56)69/h3-10,22,24,29,31-38,57,66,84H,11-21,23,53H2,1-2H3,(H2,54,67)(H2,55,68)(H2,56,69)(H,58,74)(H,59,75)(H,60,78)(H,61,76)(H,62,80)(H,63,77)(H,64,81)(H,65,79)(H,70,71)(H,72,73)(H,82,83)/t29-,31-,32-,33-,34-,35-,36-,37-,38-/m0/s1. The van der Waals surface area contributed by atoms with Crippen LogP contribution in [0.25, 0.3) is 10.9 Å². The Morgan fingerprint density at radius 3 is 1.42 bits per heavy atom. The molecule has 1 aromatic heterocycles. The Balaban J connectivity index is 1.91. The van der Waals surface area contributed by atoms with Crippen LogP contribution in [-0.2, 0) is 80.0 Å². The van der Waals surface area contributed by atoms with Crippen LogP contribution < -0.4 is 65.5 Å². The van der Waals surface area contributed by atoms with Crippen LogP contribution in [-0.4, -0.2) is 168 Å². The normalized spacial score (nSPS) is 14.2. The van der Waals surface area contributed by atoms with Gasteiger partial charge in [-0.25, -0.2) is 4.79 Å². The van der Waals surface area contributed by atoms with Gasteiger partial charge in [-0.3, -0.25) is 62.3 Å². The molecule has 458 valence electrons. The summed E-state index contributed by atoms with van der Waals surface area (Å²) in [6, 6.07) is -2.83. The monoisotopic (exact) mass is 1200 g/mol. The molecule has 3 rings (SSSR count). The second-order valence-corrected chi connectivity index (χ2v) is 20.3. The number of primary amides is 3. The van der Waals surface area contributed by atoms with E-state index in [1.165, 1.54) is 24.3 Å². The van der Waals surface area contributed by atoms with Crippen molar-refractivity contribution in [1.82, 2.24) is 47.5 Å². The lowest BCUT2D eigenvalue weighted by Gasteiger charge is -2.28. The molecule has 21 N–H and O–H groups in total. The number of benzene rings is 2. The van der Waals surface area contributed by atoms with Crippen LogP contribution in [0.5, 0.6) is 5.75 Å². The zero-order valence-corrected chi connectivity index (χ0v) is 46.6. The number of carboxylic acids is 3. The van der Waals surface area contributed by atoms with Gasteiger partial charge in [0.25, 0.3) is 0 Å². The molecule has 0 aliphatic carbocycles. The van der Waals surface area contributed by atoms with E-state index in [0.717, 1.165) is 10.9 Å². The number of nitrogens with two attached hydrogens (primary N) is 4. The predicted molar refractivity (Wildman–Crippen MR) is 298 cm³/mol. The molecule has 9 atom stereocenters. The van der Waals surface area contributed by atoms with Crippen LogP contribution in [0.4, 0.5) is 0 Å². The molecule has 32 heteroatoms. The zero-order valence-electron chi connectivity index (χ0n) is 45.7. The lowest BCUT2D eigenvalue weighted by atomic mass is 10.0. The molecule has 0 bridgehead atoms. The number of aromatic amines is 1. The van der Waals surface area contributed by atoms with Gasteiger partial charge in [-0.05, 0) is 67.3 Å². The SMILES string of the molecule is CC(C)C[C@H](NC(=O)[C@H](CCC(N)=O)NC(=O)[C@H](CCC(=O)O)NC(=O)[C@@H](N)Cc1c[nH]c2ccccc12)C(=O)N[C@@H](CCC(=O)O)C(=O)N[C@@H](CC(N)=O)C(=O)N[C@@H](Cc1ccc(O)cc1)C(=O)N[C@@H](CS)C(=O)N[C@@H](CC(N)=O)C(=O)O. The Labute approximate surface area is 485 Å². The minimum Gasteiger partial charge on any atom is -0.508 e. The second-order valence-electron chi connectivity index (χ2n) is 19.9. The second kappa shape index (κ2) is 33.6. The summed E-state index contributed by atoms with van der Waals surface area (Å²) in [7, 11) is 0. The number of fused-ring (bicyclic) bond motifs is 1. The number of thiol groups is 1. The first-order valence-electron chi connectivity index (χ1n) is 26.1. The van der Waals surface area contributed by atoms with Gasteiger partial charge in [0.05, 0.1) is 18.9 Å². The van der Waals surface area contributed by atoms with Crippen molar-refractivity contribution in [2.45, 2.75) is 139 Å². The van der Waals surface area contributed by atoms with Gasteiger partial charge in [0.1, 0.15) is 54.1 Å². The van der Waals surface area contributed by atoms with Gasteiger partial charge in [-0.1, -0.05) is 44.2 Å². The molecule has 0 fully saturated rings. The lowest BCUT2D eigenvalue weighted by Crippen LogP contribution is -2.61. The number of aromatic nitrogens is 1. The van der Waals surface area contributed by atoms with Gasteiger partial charge in [0.15, 0.2) is 0 Å². The van der Waals surface area contributed by atoms with E-state index in [2.05, 4.69) is 54.8 Å². The topological polar surface area (TPSA) is 536 Å². The number of hydrogen-bond donors (Lipinski definition) is 18. The molecule has 2 aromatic carbocycles. The highest BCUT2D eigenvalue weighted by molar-refractivity contribution is 7.80. The Kier molecular flexibility index (Phi) is 27.5. The summed E-state index contributed by atoms with van der Waals surface area (Å²) >= 11 is 4.05. The van der Waals surface area contributed by atoms with Crippen LogP contribution in [0, 0.1) is 5.92 Å². The molecule has 0 radical (unpaired) electrons. The maximum absolute atomic E-state index is 14.2. The summed E-state index contributed by atoms with van der Waals surface area (Å²) in [5.74, 6) is -17.8. The van der Waals surface area contributed by atoms with Crippen LogP contribution >= 0.6 is 12.6 Å². The van der Waals surface area contributed by atoms with E-state index in [-0.39, 0.29) is 24.2 Å². The molecule has 0 aliphatic heterocycles. The lowest BCUT2D eigenvalue weighted by molar-refractivity contribution is -0.143. The van der Waals surface area contributed by atoms with Crippen molar-refractivity contribution in [1.29, 1.82) is 0 Å². The summed E-state index contributed by atoms with van der Waals surface area (Å²) in [6.45, 7) is 3.26. The number of aliphatic carboxylic acids is 3. The maximum atomic E-state index is 14.2. The van der Waals surface area contributed by atoms with Gasteiger partial charge in [-0.2, -0.15) is 12.6 Å². The van der Waals surface area contributed by atoms with Gasteiger partial charge in [0, 0.05) is 48.5 Å². The minimum atomic E-state index is -1.98. The smallest absolute Gasteiger partial charge is 0.326 e. The number of hydrogen-bond acceptors (Lipinski definition) is 17. The number of para-hydroxylation sites is 1.